The summed E-state index contributed by atoms with van der Waals surface area (Å²) in [7, 11) is 1.64. The number of rotatable bonds is 6. The van der Waals surface area contributed by atoms with Crippen LogP contribution in [0.3, 0.4) is 0 Å². The first kappa shape index (κ1) is 19.5. The van der Waals surface area contributed by atoms with E-state index in [2.05, 4.69) is 34.5 Å². The van der Waals surface area contributed by atoms with Gasteiger partial charge in [0.2, 0.25) is 0 Å². The third-order valence-corrected chi connectivity index (χ3v) is 4.81. The van der Waals surface area contributed by atoms with E-state index < -0.39 is 0 Å². The number of methoxy groups -OCH3 is 1. The number of aliphatic imine (C=N–C) groups is 1. The molecule has 2 aromatic carbocycles. The highest BCUT2D eigenvalue weighted by Gasteiger charge is 2.09. The fourth-order valence-electron chi connectivity index (χ4n) is 3.30. The Labute approximate surface area is 176 Å². The Morgan fingerprint density at radius 1 is 0.867 bits per heavy atom. The molecular weight excluding hydrogens is 374 g/mol. The number of hydrogen-bond donors (Lipinski definition) is 0. The van der Waals surface area contributed by atoms with Crippen molar-refractivity contribution in [2.24, 2.45) is 4.99 Å². The summed E-state index contributed by atoms with van der Waals surface area (Å²) in [5.41, 5.74) is 4.15. The van der Waals surface area contributed by atoms with E-state index in [1.807, 2.05) is 72.9 Å². The van der Waals surface area contributed by atoms with Crippen molar-refractivity contribution in [3.63, 3.8) is 0 Å². The molecule has 0 amide bonds. The van der Waals surface area contributed by atoms with E-state index >= 15 is 0 Å². The van der Waals surface area contributed by atoms with Crippen molar-refractivity contribution in [3.8, 4) is 23.1 Å². The second-order valence-corrected chi connectivity index (χ2v) is 6.88. The SMILES string of the molecule is COc1cccc(Oc2ccc(N=Cc3cc(C)n(-c4ccccn4)c3C)cc2)c1. The molecule has 0 aliphatic heterocycles. The topological polar surface area (TPSA) is 48.6 Å². The van der Waals surface area contributed by atoms with Crippen LogP contribution in [-0.2, 0) is 0 Å². The highest BCUT2D eigenvalue weighted by atomic mass is 16.5. The van der Waals surface area contributed by atoms with Gasteiger partial charge in [0.25, 0.3) is 0 Å². The Hall–Kier alpha value is -3.86. The zero-order chi connectivity index (χ0) is 20.9. The lowest BCUT2D eigenvalue weighted by molar-refractivity contribution is 0.409. The second-order valence-electron chi connectivity index (χ2n) is 6.88. The number of nitrogens with zero attached hydrogens (tertiary/aromatic N) is 3. The van der Waals surface area contributed by atoms with Gasteiger partial charge < -0.3 is 14.0 Å². The summed E-state index contributed by atoms with van der Waals surface area (Å²) in [6.07, 6.45) is 3.69. The zero-order valence-electron chi connectivity index (χ0n) is 17.2. The maximum Gasteiger partial charge on any atom is 0.136 e. The largest absolute Gasteiger partial charge is 0.497 e. The van der Waals surface area contributed by atoms with Crippen molar-refractivity contribution in [1.82, 2.24) is 9.55 Å². The molecule has 30 heavy (non-hydrogen) atoms. The van der Waals surface area contributed by atoms with Crippen LogP contribution in [0.4, 0.5) is 5.69 Å². The van der Waals surface area contributed by atoms with Crippen LogP contribution in [0, 0.1) is 13.8 Å². The average molecular weight is 397 g/mol. The normalized spacial score (nSPS) is 11.0. The van der Waals surface area contributed by atoms with Crippen LogP contribution in [-0.4, -0.2) is 22.9 Å². The van der Waals surface area contributed by atoms with Crippen LogP contribution in [0.5, 0.6) is 17.2 Å². The van der Waals surface area contributed by atoms with Crippen molar-refractivity contribution in [2.45, 2.75) is 13.8 Å². The summed E-state index contributed by atoms with van der Waals surface area (Å²) >= 11 is 0. The summed E-state index contributed by atoms with van der Waals surface area (Å²) < 4.78 is 13.2. The summed E-state index contributed by atoms with van der Waals surface area (Å²) in [5, 5.41) is 0. The first-order chi connectivity index (χ1) is 14.6. The molecule has 4 aromatic rings. The molecule has 0 saturated heterocycles. The van der Waals surface area contributed by atoms with Crippen LogP contribution in [0.2, 0.25) is 0 Å². The standard InChI is InChI=1S/C25H23N3O2/c1-18-15-20(19(2)28(18)25-9-4-5-14-26-25)17-27-21-10-12-22(13-11-21)30-24-8-6-7-23(16-24)29-3/h4-17H,1-3H3. The van der Waals surface area contributed by atoms with Crippen molar-refractivity contribution in [1.29, 1.82) is 0 Å². The molecule has 0 spiro atoms. The first-order valence-electron chi connectivity index (χ1n) is 9.70. The molecule has 5 heteroatoms. The number of aryl methyl sites for hydroxylation is 1. The molecule has 0 bridgehead atoms. The highest BCUT2D eigenvalue weighted by Crippen LogP contribution is 2.27. The molecule has 0 N–H and O–H groups in total. The van der Waals surface area contributed by atoms with E-state index in [-0.39, 0.29) is 0 Å². The Balaban J connectivity index is 1.50. The summed E-state index contributed by atoms with van der Waals surface area (Å²) in [5.74, 6) is 3.14. The minimum Gasteiger partial charge on any atom is -0.497 e. The van der Waals surface area contributed by atoms with Gasteiger partial charge in [-0.2, -0.15) is 0 Å². The van der Waals surface area contributed by atoms with Crippen LogP contribution >= 0.6 is 0 Å². The fraction of sp³-hybridized carbons (Fsp3) is 0.120. The van der Waals surface area contributed by atoms with Crippen molar-refractivity contribution in [3.05, 3.63) is 95.9 Å². The number of aromatic nitrogens is 2. The Morgan fingerprint density at radius 2 is 1.67 bits per heavy atom. The maximum absolute atomic E-state index is 5.88. The van der Waals surface area contributed by atoms with Gasteiger partial charge in [-0.15, -0.1) is 0 Å². The molecular formula is C25H23N3O2. The number of benzene rings is 2. The van der Waals surface area contributed by atoms with E-state index in [1.165, 1.54) is 0 Å². The predicted octanol–water partition coefficient (Wildman–Crippen LogP) is 6.04. The summed E-state index contributed by atoms with van der Waals surface area (Å²) in [6.45, 7) is 4.15. The molecule has 0 radical (unpaired) electrons. The molecule has 0 fully saturated rings. The minimum atomic E-state index is 0.729. The van der Waals surface area contributed by atoms with Gasteiger partial charge in [-0.25, -0.2) is 4.98 Å². The van der Waals surface area contributed by atoms with Crippen LogP contribution in [0.15, 0.2) is 84.0 Å². The lowest BCUT2D eigenvalue weighted by Crippen LogP contribution is -2.01. The third-order valence-electron chi connectivity index (χ3n) is 4.81. The molecule has 0 saturated carbocycles. The Kier molecular flexibility index (Phi) is 5.61. The van der Waals surface area contributed by atoms with E-state index in [9.17, 15) is 0 Å². The van der Waals surface area contributed by atoms with Crippen molar-refractivity contribution < 1.29 is 9.47 Å². The fourth-order valence-corrected chi connectivity index (χ4v) is 3.30. The van der Waals surface area contributed by atoms with Crippen molar-refractivity contribution >= 4 is 11.9 Å². The van der Waals surface area contributed by atoms with Gasteiger partial charge in [-0.05, 0) is 68.4 Å². The zero-order valence-corrected chi connectivity index (χ0v) is 17.2. The molecule has 0 aliphatic rings. The first-order valence-corrected chi connectivity index (χ1v) is 9.70. The van der Waals surface area contributed by atoms with Gasteiger partial charge in [-0.1, -0.05) is 12.1 Å². The lowest BCUT2D eigenvalue weighted by atomic mass is 10.2. The molecule has 2 aromatic heterocycles. The maximum atomic E-state index is 5.88. The van der Waals surface area contributed by atoms with Gasteiger partial charge >= 0.3 is 0 Å². The number of hydrogen-bond acceptors (Lipinski definition) is 4. The molecule has 150 valence electrons. The predicted molar refractivity (Wildman–Crippen MR) is 120 cm³/mol. The van der Waals surface area contributed by atoms with E-state index in [1.54, 1.807) is 13.3 Å². The Bertz CT molecular complexity index is 1160. The van der Waals surface area contributed by atoms with Gasteiger partial charge in [0.1, 0.15) is 23.1 Å². The van der Waals surface area contributed by atoms with Gasteiger partial charge in [-0.3, -0.25) is 4.99 Å². The molecule has 2 heterocycles. The van der Waals surface area contributed by atoms with Crippen molar-refractivity contribution in [2.75, 3.05) is 7.11 Å². The van der Waals surface area contributed by atoms with Crippen LogP contribution in [0.25, 0.3) is 5.82 Å². The molecule has 0 aliphatic carbocycles. The molecule has 4 rings (SSSR count). The number of pyridine rings is 1. The lowest BCUT2D eigenvalue weighted by Gasteiger charge is -2.08. The second kappa shape index (κ2) is 8.66. The Morgan fingerprint density at radius 3 is 2.40 bits per heavy atom. The minimum absolute atomic E-state index is 0.729. The molecule has 0 atom stereocenters. The van der Waals surface area contributed by atoms with E-state index in [4.69, 9.17) is 9.47 Å². The highest BCUT2D eigenvalue weighted by molar-refractivity contribution is 5.84. The van der Waals surface area contributed by atoms with Crippen LogP contribution in [0.1, 0.15) is 17.0 Å². The van der Waals surface area contributed by atoms with Crippen LogP contribution < -0.4 is 9.47 Å². The van der Waals surface area contributed by atoms with Gasteiger partial charge in [0.15, 0.2) is 0 Å². The summed E-state index contributed by atoms with van der Waals surface area (Å²) in [6, 6.07) is 23.2. The van der Waals surface area contributed by atoms with Gasteiger partial charge in [0, 0.05) is 35.4 Å². The molecule has 5 nitrogen and oxygen atoms in total. The average Bonchev–Trinajstić information content (AvgIpc) is 3.07. The monoisotopic (exact) mass is 397 g/mol. The van der Waals surface area contributed by atoms with E-state index in [0.717, 1.165) is 45.7 Å². The summed E-state index contributed by atoms with van der Waals surface area (Å²) in [4.78, 5) is 9.08. The van der Waals surface area contributed by atoms with E-state index in [0.29, 0.717) is 0 Å². The smallest absolute Gasteiger partial charge is 0.136 e. The van der Waals surface area contributed by atoms with Gasteiger partial charge in [0.05, 0.1) is 12.8 Å². The molecule has 0 unspecified atom stereocenters. The quantitative estimate of drug-likeness (QED) is 0.373. The number of ether oxygens (including phenoxy) is 2. The third kappa shape index (κ3) is 4.25.